The molecular weight excluding hydrogens is 240 g/mol. The number of hydrogen-bond acceptors (Lipinski definition) is 8. The summed E-state index contributed by atoms with van der Waals surface area (Å²) in [4.78, 5) is 21.5. The largest absolute Gasteiger partial charge is 0.354 e. The first kappa shape index (κ1) is 11.9. The number of hydrogen-bond donors (Lipinski definition) is 1. The van der Waals surface area contributed by atoms with Gasteiger partial charge in [0.25, 0.3) is 0 Å². The summed E-state index contributed by atoms with van der Waals surface area (Å²) in [6, 6.07) is 0. The van der Waals surface area contributed by atoms with Crippen LogP contribution < -0.4 is 5.32 Å². The van der Waals surface area contributed by atoms with Crippen molar-refractivity contribution < 1.29 is 9.45 Å². The van der Waals surface area contributed by atoms with E-state index in [1.807, 2.05) is 0 Å². The van der Waals surface area contributed by atoms with Gasteiger partial charge in [0.15, 0.2) is 5.82 Å². The first-order valence-corrected chi connectivity index (χ1v) is 5.14. The number of nitrogens with one attached hydrogen (secondary N) is 1. The highest BCUT2D eigenvalue weighted by Gasteiger charge is 2.07. The van der Waals surface area contributed by atoms with E-state index in [1.165, 1.54) is 0 Å². The van der Waals surface area contributed by atoms with Crippen LogP contribution in [0.5, 0.6) is 0 Å². The third-order valence-electron chi connectivity index (χ3n) is 2.04. The van der Waals surface area contributed by atoms with Gasteiger partial charge >= 0.3 is 5.69 Å². The van der Waals surface area contributed by atoms with Crippen molar-refractivity contribution in [3.05, 3.63) is 34.2 Å². The zero-order valence-electron chi connectivity index (χ0n) is 9.53. The standard InChI is InChI=1S/C9H10N6O3/c1-6-13-8(18-14-6)2-3-10-9-11-4-7(5-12-9)15(16)17/h4-5H,2-3H2,1H3,(H,10,11,12). The zero-order valence-corrected chi connectivity index (χ0v) is 9.53. The molecule has 2 aromatic heterocycles. The van der Waals surface area contributed by atoms with E-state index in [-0.39, 0.29) is 5.69 Å². The maximum absolute atomic E-state index is 10.4. The molecule has 0 bridgehead atoms. The Bertz CT molecular complexity index is 537. The summed E-state index contributed by atoms with van der Waals surface area (Å²) < 4.78 is 4.92. The molecule has 0 aliphatic heterocycles. The van der Waals surface area contributed by atoms with Crippen LogP contribution in [0.25, 0.3) is 0 Å². The van der Waals surface area contributed by atoms with Crippen LogP contribution in [0.2, 0.25) is 0 Å². The zero-order chi connectivity index (χ0) is 13.0. The van der Waals surface area contributed by atoms with Gasteiger partial charge in [-0.2, -0.15) is 4.98 Å². The van der Waals surface area contributed by atoms with E-state index >= 15 is 0 Å². The number of anilines is 1. The minimum atomic E-state index is -0.551. The Kier molecular flexibility index (Phi) is 3.41. The van der Waals surface area contributed by atoms with Gasteiger partial charge in [-0.1, -0.05) is 5.16 Å². The van der Waals surface area contributed by atoms with Crippen LogP contribution in [-0.2, 0) is 6.42 Å². The van der Waals surface area contributed by atoms with E-state index in [4.69, 9.17) is 4.52 Å². The lowest BCUT2D eigenvalue weighted by Gasteiger charge is -2.01. The number of nitrogens with zero attached hydrogens (tertiary/aromatic N) is 5. The molecule has 0 spiro atoms. The lowest BCUT2D eigenvalue weighted by molar-refractivity contribution is -0.385. The van der Waals surface area contributed by atoms with Crippen LogP contribution >= 0.6 is 0 Å². The molecule has 0 aromatic carbocycles. The first-order chi connectivity index (χ1) is 8.65. The molecule has 9 nitrogen and oxygen atoms in total. The molecule has 2 rings (SSSR count). The second-order valence-electron chi connectivity index (χ2n) is 3.43. The minimum Gasteiger partial charge on any atom is -0.354 e. The van der Waals surface area contributed by atoms with Crippen molar-refractivity contribution in [3.63, 3.8) is 0 Å². The SMILES string of the molecule is Cc1noc(CCNc2ncc([N+](=O)[O-])cn2)n1. The number of aryl methyl sites for hydroxylation is 1. The third kappa shape index (κ3) is 2.97. The second kappa shape index (κ2) is 5.17. The van der Waals surface area contributed by atoms with E-state index in [1.54, 1.807) is 6.92 Å². The molecule has 0 atom stereocenters. The molecule has 0 fully saturated rings. The van der Waals surface area contributed by atoms with E-state index in [2.05, 4.69) is 25.4 Å². The molecule has 2 aromatic rings. The Balaban J connectivity index is 1.85. The van der Waals surface area contributed by atoms with Crippen LogP contribution in [0.4, 0.5) is 11.6 Å². The van der Waals surface area contributed by atoms with E-state index < -0.39 is 4.92 Å². The van der Waals surface area contributed by atoms with Crippen molar-refractivity contribution in [2.45, 2.75) is 13.3 Å². The minimum absolute atomic E-state index is 0.145. The van der Waals surface area contributed by atoms with Crippen LogP contribution in [0.3, 0.4) is 0 Å². The predicted octanol–water partition coefficient (Wildman–Crippen LogP) is 0.731. The fourth-order valence-corrected chi connectivity index (χ4v) is 1.23. The number of rotatable bonds is 5. The van der Waals surface area contributed by atoms with Gasteiger partial charge in [-0.25, -0.2) is 9.97 Å². The van der Waals surface area contributed by atoms with Crippen molar-refractivity contribution in [1.82, 2.24) is 20.1 Å². The number of aromatic nitrogens is 4. The monoisotopic (exact) mass is 250 g/mol. The van der Waals surface area contributed by atoms with Gasteiger partial charge in [0.05, 0.1) is 4.92 Å². The van der Waals surface area contributed by atoms with Crippen LogP contribution in [0.1, 0.15) is 11.7 Å². The highest BCUT2D eigenvalue weighted by molar-refractivity contribution is 5.30. The Morgan fingerprint density at radius 2 is 2.17 bits per heavy atom. The summed E-state index contributed by atoms with van der Waals surface area (Å²) in [5.74, 6) is 1.41. The molecular formula is C9H10N6O3. The molecule has 1 N–H and O–H groups in total. The van der Waals surface area contributed by atoms with Crippen molar-refractivity contribution in [2.24, 2.45) is 0 Å². The molecule has 94 valence electrons. The van der Waals surface area contributed by atoms with E-state index in [0.29, 0.717) is 30.6 Å². The van der Waals surface area contributed by atoms with Gasteiger partial charge in [0.1, 0.15) is 12.4 Å². The molecule has 2 heterocycles. The Labute approximate surface area is 101 Å². The van der Waals surface area contributed by atoms with Crippen LogP contribution in [0.15, 0.2) is 16.9 Å². The lowest BCUT2D eigenvalue weighted by atomic mass is 10.4. The van der Waals surface area contributed by atoms with E-state index in [9.17, 15) is 10.1 Å². The summed E-state index contributed by atoms with van der Waals surface area (Å²) in [5, 5.41) is 16.9. The fraction of sp³-hybridized carbons (Fsp3) is 0.333. The van der Waals surface area contributed by atoms with Gasteiger partial charge < -0.3 is 9.84 Å². The summed E-state index contributed by atoms with van der Waals surface area (Å²) >= 11 is 0. The highest BCUT2D eigenvalue weighted by atomic mass is 16.6. The molecule has 0 saturated carbocycles. The summed E-state index contributed by atoms with van der Waals surface area (Å²) in [6.07, 6.45) is 2.82. The molecule has 0 unspecified atom stereocenters. The van der Waals surface area contributed by atoms with Crippen molar-refractivity contribution in [2.75, 3.05) is 11.9 Å². The Morgan fingerprint density at radius 1 is 1.44 bits per heavy atom. The highest BCUT2D eigenvalue weighted by Crippen LogP contribution is 2.08. The second-order valence-corrected chi connectivity index (χ2v) is 3.43. The summed E-state index contributed by atoms with van der Waals surface area (Å²) in [7, 11) is 0. The summed E-state index contributed by atoms with van der Waals surface area (Å²) in [6.45, 7) is 2.24. The molecule has 0 aliphatic rings. The maximum atomic E-state index is 10.4. The lowest BCUT2D eigenvalue weighted by Crippen LogP contribution is -2.08. The Hall–Kier alpha value is -2.58. The molecule has 0 aliphatic carbocycles. The predicted molar refractivity (Wildman–Crippen MR) is 59.9 cm³/mol. The molecule has 0 radical (unpaired) electrons. The molecule has 18 heavy (non-hydrogen) atoms. The normalized spacial score (nSPS) is 10.3. The van der Waals surface area contributed by atoms with Gasteiger partial charge in [-0.15, -0.1) is 0 Å². The van der Waals surface area contributed by atoms with Gasteiger partial charge in [-0.3, -0.25) is 10.1 Å². The smallest absolute Gasteiger partial charge is 0.305 e. The first-order valence-electron chi connectivity index (χ1n) is 5.14. The third-order valence-corrected chi connectivity index (χ3v) is 2.04. The average Bonchev–Trinajstić information content (AvgIpc) is 2.76. The van der Waals surface area contributed by atoms with Gasteiger partial charge in [-0.05, 0) is 6.92 Å². The van der Waals surface area contributed by atoms with Crippen LogP contribution in [-0.4, -0.2) is 31.6 Å². The quantitative estimate of drug-likeness (QED) is 0.609. The Morgan fingerprint density at radius 3 is 2.72 bits per heavy atom. The van der Waals surface area contributed by atoms with Crippen molar-refractivity contribution >= 4 is 11.6 Å². The maximum Gasteiger partial charge on any atom is 0.305 e. The van der Waals surface area contributed by atoms with Crippen molar-refractivity contribution in [3.8, 4) is 0 Å². The summed E-state index contributed by atoms with van der Waals surface area (Å²) in [5.41, 5.74) is -0.145. The van der Waals surface area contributed by atoms with E-state index in [0.717, 1.165) is 12.4 Å². The van der Waals surface area contributed by atoms with Gasteiger partial charge in [0, 0.05) is 13.0 Å². The molecule has 0 amide bonds. The average molecular weight is 250 g/mol. The van der Waals surface area contributed by atoms with Crippen molar-refractivity contribution in [1.29, 1.82) is 0 Å². The molecule has 0 saturated heterocycles. The number of nitro groups is 1. The van der Waals surface area contributed by atoms with Crippen LogP contribution in [0, 0.1) is 17.0 Å². The topological polar surface area (TPSA) is 120 Å². The fourth-order valence-electron chi connectivity index (χ4n) is 1.23. The van der Waals surface area contributed by atoms with Gasteiger partial charge in [0.2, 0.25) is 11.8 Å². The molecule has 9 heteroatoms.